The Hall–Kier alpha value is -1.11. The Morgan fingerprint density at radius 2 is 1.94 bits per heavy atom. The minimum atomic E-state index is -4.40. The van der Waals surface area contributed by atoms with E-state index in [-0.39, 0.29) is 25.3 Å². The Balaban J connectivity index is 3.02. The third kappa shape index (κ3) is 3.69. The molecule has 3 nitrogen and oxygen atoms in total. The molecule has 1 aromatic carbocycles. The first kappa shape index (κ1) is 14.0. The molecule has 0 saturated carbocycles. The van der Waals surface area contributed by atoms with Crippen LogP contribution >= 0.6 is 0 Å². The van der Waals surface area contributed by atoms with Crippen LogP contribution in [-0.2, 0) is 6.18 Å². The van der Waals surface area contributed by atoms with Crippen molar-refractivity contribution in [2.24, 2.45) is 5.73 Å². The third-order valence-electron chi connectivity index (χ3n) is 2.38. The van der Waals surface area contributed by atoms with Gasteiger partial charge in [0.15, 0.2) is 0 Å². The van der Waals surface area contributed by atoms with Gasteiger partial charge in [0.2, 0.25) is 0 Å². The summed E-state index contributed by atoms with van der Waals surface area (Å²) in [6.45, 7) is 0.0891. The Kier molecular flexibility index (Phi) is 4.92. The molecule has 6 heteroatoms. The number of nitrogens with two attached hydrogens (primary N) is 1. The zero-order valence-electron chi connectivity index (χ0n) is 9.17. The lowest BCUT2D eigenvalue weighted by Gasteiger charge is -2.21. The van der Waals surface area contributed by atoms with Gasteiger partial charge < -0.3 is 16.2 Å². The van der Waals surface area contributed by atoms with Crippen molar-refractivity contribution in [2.45, 2.75) is 12.2 Å². The van der Waals surface area contributed by atoms with Gasteiger partial charge in [0.1, 0.15) is 0 Å². The van der Waals surface area contributed by atoms with Crippen LogP contribution in [0.1, 0.15) is 17.2 Å². The fourth-order valence-corrected chi connectivity index (χ4v) is 1.62. The second-order valence-corrected chi connectivity index (χ2v) is 3.55. The van der Waals surface area contributed by atoms with Crippen LogP contribution in [-0.4, -0.2) is 24.8 Å². The molecular formula is C11H15F3N2O. The van der Waals surface area contributed by atoms with Gasteiger partial charge in [-0.25, -0.2) is 0 Å². The average molecular weight is 248 g/mol. The fraction of sp³-hybridized carbons (Fsp3) is 0.455. The van der Waals surface area contributed by atoms with Gasteiger partial charge in [-0.15, -0.1) is 0 Å². The Morgan fingerprint density at radius 3 is 2.47 bits per heavy atom. The number of rotatable bonds is 5. The van der Waals surface area contributed by atoms with Crippen molar-refractivity contribution in [1.82, 2.24) is 5.32 Å². The van der Waals surface area contributed by atoms with Crippen LogP contribution in [0.25, 0.3) is 0 Å². The first-order valence-corrected chi connectivity index (χ1v) is 5.21. The number of hydrogen-bond acceptors (Lipinski definition) is 3. The van der Waals surface area contributed by atoms with E-state index in [0.29, 0.717) is 0 Å². The van der Waals surface area contributed by atoms with Gasteiger partial charge in [-0.3, -0.25) is 0 Å². The first-order chi connectivity index (χ1) is 8.00. The zero-order valence-corrected chi connectivity index (χ0v) is 9.17. The summed E-state index contributed by atoms with van der Waals surface area (Å²) in [7, 11) is 0. The molecule has 17 heavy (non-hydrogen) atoms. The van der Waals surface area contributed by atoms with E-state index in [9.17, 15) is 13.2 Å². The topological polar surface area (TPSA) is 58.3 Å². The molecule has 0 aliphatic rings. The van der Waals surface area contributed by atoms with Crippen LogP contribution < -0.4 is 11.1 Å². The van der Waals surface area contributed by atoms with E-state index >= 15 is 0 Å². The van der Waals surface area contributed by atoms with Crippen molar-refractivity contribution in [1.29, 1.82) is 0 Å². The monoisotopic (exact) mass is 248 g/mol. The lowest BCUT2D eigenvalue weighted by Crippen LogP contribution is -2.32. The maximum absolute atomic E-state index is 12.7. The summed E-state index contributed by atoms with van der Waals surface area (Å²) >= 11 is 0. The molecule has 96 valence electrons. The Bertz CT molecular complexity index is 355. The highest BCUT2D eigenvalue weighted by atomic mass is 19.4. The molecule has 4 N–H and O–H groups in total. The predicted octanol–water partition coefficient (Wildman–Crippen LogP) is 1.29. The minimum absolute atomic E-state index is 0.0348. The molecule has 1 aromatic rings. The van der Waals surface area contributed by atoms with Crippen LogP contribution in [0.2, 0.25) is 0 Å². The molecule has 0 heterocycles. The summed E-state index contributed by atoms with van der Waals surface area (Å²) in [5.74, 6) is 0. The van der Waals surface area contributed by atoms with Gasteiger partial charge >= 0.3 is 6.18 Å². The molecule has 0 spiro atoms. The molecule has 0 saturated heterocycles. The van der Waals surface area contributed by atoms with Crippen LogP contribution in [0.5, 0.6) is 0 Å². The first-order valence-electron chi connectivity index (χ1n) is 5.21. The van der Waals surface area contributed by atoms with E-state index in [1.807, 2.05) is 0 Å². The molecule has 0 aliphatic carbocycles. The maximum atomic E-state index is 12.7. The van der Waals surface area contributed by atoms with Gasteiger partial charge in [-0.2, -0.15) is 13.2 Å². The Labute approximate surface area is 97.4 Å². The largest absolute Gasteiger partial charge is 0.416 e. The smallest absolute Gasteiger partial charge is 0.395 e. The van der Waals surface area contributed by atoms with Crippen molar-refractivity contribution in [2.75, 3.05) is 19.7 Å². The molecule has 0 aliphatic heterocycles. The molecular weight excluding hydrogens is 233 g/mol. The number of alkyl halides is 3. The van der Waals surface area contributed by atoms with Gasteiger partial charge in [-0.05, 0) is 11.6 Å². The summed E-state index contributed by atoms with van der Waals surface area (Å²) < 4.78 is 38.2. The predicted molar refractivity (Wildman–Crippen MR) is 58.3 cm³/mol. The van der Waals surface area contributed by atoms with E-state index in [0.717, 1.165) is 6.07 Å². The maximum Gasteiger partial charge on any atom is 0.416 e. The second kappa shape index (κ2) is 6.00. The number of hydrogen-bond donors (Lipinski definition) is 3. The minimum Gasteiger partial charge on any atom is -0.395 e. The van der Waals surface area contributed by atoms with Crippen LogP contribution in [0.4, 0.5) is 13.2 Å². The van der Waals surface area contributed by atoms with Crippen molar-refractivity contribution in [3.05, 3.63) is 35.4 Å². The van der Waals surface area contributed by atoms with E-state index in [2.05, 4.69) is 5.32 Å². The van der Waals surface area contributed by atoms with Gasteiger partial charge in [0.05, 0.1) is 12.2 Å². The fourth-order valence-electron chi connectivity index (χ4n) is 1.62. The molecule has 1 rings (SSSR count). The lowest BCUT2D eigenvalue weighted by atomic mass is 10.00. The number of aliphatic hydroxyl groups is 1. The average Bonchev–Trinajstić information content (AvgIpc) is 2.29. The lowest BCUT2D eigenvalue weighted by molar-refractivity contribution is -0.138. The van der Waals surface area contributed by atoms with E-state index in [1.165, 1.54) is 18.2 Å². The van der Waals surface area contributed by atoms with Crippen molar-refractivity contribution < 1.29 is 18.3 Å². The van der Waals surface area contributed by atoms with Crippen molar-refractivity contribution >= 4 is 0 Å². The third-order valence-corrected chi connectivity index (χ3v) is 2.38. The summed E-state index contributed by atoms with van der Waals surface area (Å²) in [6, 6.07) is 4.68. The summed E-state index contributed by atoms with van der Waals surface area (Å²) in [5.41, 5.74) is 4.86. The summed E-state index contributed by atoms with van der Waals surface area (Å²) in [6.07, 6.45) is -4.40. The van der Waals surface area contributed by atoms with Crippen molar-refractivity contribution in [3.63, 3.8) is 0 Å². The van der Waals surface area contributed by atoms with Crippen LogP contribution in [0, 0.1) is 0 Å². The normalized spacial score (nSPS) is 13.7. The van der Waals surface area contributed by atoms with Gasteiger partial charge in [0.25, 0.3) is 0 Å². The molecule has 0 fully saturated rings. The number of nitrogens with one attached hydrogen (secondary N) is 1. The van der Waals surface area contributed by atoms with Crippen LogP contribution in [0.15, 0.2) is 24.3 Å². The molecule has 0 bridgehead atoms. The number of aliphatic hydroxyl groups excluding tert-OH is 1. The highest BCUT2D eigenvalue weighted by Gasteiger charge is 2.34. The quantitative estimate of drug-likeness (QED) is 0.736. The second-order valence-electron chi connectivity index (χ2n) is 3.55. The Morgan fingerprint density at radius 1 is 1.29 bits per heavy atom. The number of halogens is 3. The molecule has 0 aromatic heterocycles. The zero-order chi connectivity index (χ0) is 12.9. The summed E-state index contributed by atoms with van der Waals surface area (Å²) in [5, 5.41) is 11.4. The van der Waals surface area contributed by atoms with E-state index in [1.54, 1.807) is 0 Å². The molecule has 0 amide bonds. The highest BCUT2D eigenvalue weighted by molar-refractivity contribution is 5.32. The SMILES string of the molecule is NCC(NCCO)c1ccccc1C(F)(F)F. The van der Waals surface area contributed by atoms with E-state index < -0.39 is 17.8 Å². The molecule has 0 radical (unpaired) electrons. The van der Waals surface area contributed by atoms with Crippen LogP contribution in [0.3, 0.4) is 0 Å². The van der Waals surface area contributed by atoms with Gasteiger partial charge in [-0.1, -0.05) is 18.2 Å². The summed E-state index contributed by atoms with van der Waals surface area (Å²) in [4.78, 5) is 0. The van der Waals surface area contributed by atoms with Gasteiger partial charge in [0, 0.05) is 19.1 Å². The standard InChI is InChI=1S/C11H15F3N2O/c12-11(13,14)9-4-2-1-3-8(9)10(7-15)16-5-6-17/h1-4,10,16-17H,5-7,15H2. The van der Waals surface area contributed by atoms with Crippen molar-refractivity contribution in [3.8, 4) is 0 Å². The number of benzene rings is 1. The highest BCUT2D eigenvalue weighted by Crippen LogP contribution is 2.34. The van der Waals surface area contributed by atoms with E-state index in [4.69, 9.17) is 10.8 Å². The molecule has 1 atom stereocenters. The molecule has 1 unspecified atom stereocenters.